The molecule has 0 fully saturated rings. The van der Waals surface area contributed by atoms with E-state index in [1.165, 1.54) is 42.5 Å². The highest BCUT2D eigenvalue weighted by Gasteiger charge is 2.20. The lowest BCUT2D eigenvalue weighted by atomic mass is 10.0. The van der Waals surface area contributed by atoms with E-state index in [0.717, 1.165) is 12.1 Å². The molecular weight excluding hydrogens is 566 g/mol. The normalized spacial score (nSPS) is 10.8. The second kappa shape index (κ2) is 11.5. The Morgan fingerprint density at radius 3 is 2.24 bits per heavy atom. The first kappa shape index (κ1) is 26.9. The topological polar surface area (TPSA) is 55.4 Å². The first-order valence-electron chi connectivity index (χ1n) is 10.6. The summed E-state index contributed by atoms with van der Waals surface area (Å²) in [4.78, 5) is 26.0. The first-order chi connectivity index (χ1) is 17.6. The molecule has 0 aliphatic rings. The van der Waals surface area contributed by atoms with Gasteiger partial charge in [0.15, 0.2) is 0 Å². The minimum atomic E-state index is -0.827. The summed E-state index contributed by atoms with van der Waals surface area (Å²) in [7, 11) is 0. The van der Waals surface area contributed by atoms with Crippen LogP contribution in [0.25, 0.3) is 11.1 Å². The summed E-state index contributed by atoms with van der Waals surface area (Å²) in [5, 5.41) is 3.84. The summed E-state index contributed by atoms with van der Waals surface area (Å²) in [5.74, 6) is -3.09. The Kier molecular flexibility index (Phi) is 8.35. The van der Waals surface area contributed by atoms with Crippen molar-refractivity contribution in [1.82, 2.24) is 0 Å². The van der Waals surface area contributed by atoms with Gasteiger partial charge in [0.1, 0.15) is 17.4 Å². The zero-order chi connectivity index (χ0) is 26.7. The minimum Gasteiger partial charge on any atom is -0.425 e. The highest BCUT2D eigenvalue weighted by molar-refractivity contribution is 6.36. The van der Waals surface area contributed by atoms with Crippen LogP contribution in [0, 0.1) is 11.6 Å². The number of nitrogens with one attached hydrogen (secondary N) is 1. The van der Waals surface area contributed by atoms with Gasteiger partial charge >= 0.3 is 5.97 Å². The van der Waals surface area contributed by atoms with Gasteiger partial charge < -0.3 is 10.1 Å². The van der Waals surface area contributed by atoms with Gasteiger partial charge in [0.25, 0.3) is 5.91 Å². The molecule has 0 saturated carbocycles. The molecule has 0 aliphatic heterocycles. The van der Waals surface area contributed by atoms with Crippen LogP contribution in [0.5, 0.6) is 5.75 Å². The number of ether oxygens (including phenoxy) is 1. The predicted molar refractivity (Wildman–Crippen MR) is 142 cm³/mol. The summed E-state index contributed by atoms with van der Waals surface area (Å²) in [6.07, 6.45) is -0.203. The average molecular weight is 581 g/mol. The Balaban J connectivity index is 1.69. The molecule has 0 aromatic heterocycles. The molecule has 188 valence electrons. The van der Waals surface area contributed by atoms with Crippen LogP contribution >= 0.6 is 46.4 Å². The standard InChI is InChI=1S/C27H15Cl4F2NO3/c28-16-3-1-15(22(31)11-16)10-26(35)37-25-8-2-14(19-6-5-18(32)13-23(19)33)9-20(25)27(36)34-24-12-17(29)4-7-21(24)30/h1-9,11-13H,10H2,(H,34,36). The molecule has 0 unspecified atom stereocenters. The number of esters is 1. The van der Waals surface area contributed by atoms with E-state index in [4.69, 9.17) is 51.1 Å². The maximum Gasteiger partial charge on any atom is 0.315 e. The number of anilines is 1. The monoisotopic (exact) mass is 579 g/mol. The van der Waals surface area contributed by atoms with Crippen LogP contribution < -0.4 is 10.1 Å². The third-order valence-electron chi connectivity index (χ3n) is 5.22. The Labute approximate surface area is 230 Å². The minimum absolute atomic E-state index is 0.0436. The molecule has 4 nitrogen and oxygen atoms in total. The van der Waals surface area contributed by atoms with Crippen molar-refractivity contribution in [3.05, 3.63) is 116 Å². The van der Waals surface area contributed by atoms with E-state index in [9.17, 15) is 18.4 Å². The van der Waals surface area contributed by atoms with Gasteiger partial charge in [-0.2, -0.15) is 0 Å². The van der Waals surface area contributed by atoms with Crippen LogP contribution in [0.3, 0.4) is 0 Å². The summed E-state index contributed by atoms with van der Waals surface area (Å²) in [6.45, 7) is 0. The first-order valence-corrected chi connectivity index (χ1v) is 12.1. The number of hydrogen-bond donors (Lipinski definition) is 1. The van der Waals surface area contributed by atoms with Gasteiger partial charge in [-0.15, -0.1) is 0 Å². The molecule has 4 aromatic rings. The molecule has 1 amide bonds. The van der Waals surface area contributed by atoms with Crippen LogP contribution in [-0.4, -0.2) is 11.9 Å². The van der Waals surface area contributed by atoms with Gasteiger partial charge in [0.05, 0.1) is 22.7 Å². The van der Waals surface area contributed by atoms with Crippen molar-refractivity contribution >= 4 is 64.0 Å². The van der Waals surface area contributed by atoms with E-state index in [0.29, 0.717) is 15.6 Å². The summed E-state index contributed by atoms with van der Waals surface area (Å²) < 4.78 is 33.4. The molecule has 4 aromatic carbocycles. The number of halogens is 6. The Hall–Kier alpha value is -3.16. The van der Waals surface area contributed by atoms with E-state index >= 15 is 0 Å². The van der Waals surface area contributed by atoms with E-state index in [2.05, 4.69) is 5.32 Å². The number of carbonyl (C=O) groups excluding carboxylic acids is 2. The van der Waals surface area contributed by atoms with Crippen LogP contribution in [0.4, 0.5) is 14.5 Å². The lowest BCUT2D eigenvalue weighted by Gasteiger charge is -2.14. The zero-order valence-electron chi connectivity index (χ0n) is 18.6. The van der Waals surface area contributed by atoms with Crippen molar-refractivity contribution in [3.8, 4) is 16.9 Å². The third kappa shape index (κ3) is 6.59. The SMILES string of the molecule is O=C(Cc1ccc(Cl)cc1Cl)Oc1ccc(-c2ccc(F)cc2F)cc1C(=O)Nc1cc(Cl)ccc1Cl. The van der Waals surface area contributed by atoms with Gasteiger partial charge in [0, 0.05) is 26.7 Å². The molecule has 0 saturated heterocycles. The summed E-state index contributed by atoms with van der Waals surface area (Å²) in [5.41, 5.74) is 0.871. The van der Waals surface area contributed by atoms with Crippen LogP contribution in [0.2, 0.25) is 20.1 Å². The highest BCUT2D eigenvalue weighted by Crippen LogP contribution is 2.32. The number of rotatable bonds is 6. The van der Waals surface area contributed by atoms with Crippen LogP contribution in [0.15, 0.2) is 72.8 Å². The van der Waals surface area contributed by atoms with Crippen molar-refractivity contribution in [2.75, 3.05) is 5.32 Å². The lowest BCUT2D eigenvalue weighted by Crippen LogP contribution is -2.17. The van der Waals surface area contributed by atoms with E-state index in [1.807, 2.05) is 0 Å². The molecule has 1 N–H and O–H groups in total. The van der Waals surface area contributed by atoms with Gasteiger partial charge in [-0.25, -0.2) is 8.78 Å². The molecular formula is C27H15Cl4F2NO3. The molecule has 0 atom stereocenters. The van der Waals surface area contributed by atoms with Crippen LogP contribution in [0.1, 0.15) is 15.9 Å². The molecule has 0 spiro atoms. The number of amides is 1. The second-order valence-electron chi connectivity index (χ2n) is 7.80. The number of carbonyl (C=O) groups is 2. The highest BCUT2D eigenvalue weighted by atomic mass is 35.5. The van der Waals surface area contributed by atoms with Gasteiger partial charge in [-0.1, -0.05) is 58.5 Å². The van der Waals surface area contributed by atoms with Crippen molar-refractivity contribution in [2.24, 2.45) is 0 Å². The van der Waals surface area contributed by atoms with Crippen LogP contribution in [-0.2, 0) is 11.2 Å². The van der Waals surface area contributed by atoms with E-state index < -0.39 is 23.5 Å². The Bertz CT molecular complexity index is 1530. The zero-order valence-corrected chi connectivity index (χ0v) is 21.7. The predicted octanol–water partition coefficient (Wildman–Crippen LogP) is 8.65. The van der Waals surface area contributed by atoms with Gasteiger partial charge in [-0.05, 0) is 65.7 Å². The third-order valence-corrected chi connectivity index (χ3v) is 6.37. The van der Waals surface area contributed by atoms with Crippen molar-refractivity contribution in [1.29, 1.82) is 0 Å². The average Bonchev–Trinajstić information content (AvgIpc) is 2.83. The summed E-state index contributed by atoms with van der Waals surface area (Å²) >= 11 is 24.2. The molecule has 0 aliphatic carbocycles. The fourth-order valence-electron chi connectivity index (χ4n) is 3.45. The fourth-order valence-corrected chi connectivity index (χ4v) is 4.26. The van der Waals surface area contributed by atoms with E-state index in [1.54, 1.807) is 18.2 Å². The smallest absolute Gasteiger partial charge is 0.315 e. The van der Waals surface area contributed by atoms with Crippen molar-refractivity contribution in [2.45, 2.75) is 6.42 Å². The largest absolute Gasteiger partial charge is 0.425 e. The molecule has 37 heavy (non-hydrogen) atoms. The van der Waals surface area contributed by atoms with Gasteiger partial charge in [-0.3, -0.25) is 9.59 Å². The second-order valence-corrected chi connectivity index (χ2v) is 9.49. The maximum atomic E-state index is 14.5. The van der Waals surface area contributed by atoms with Crippen molar-refractivity contribution in [3.63, 3.8) is 0 Å². The fraction of sp³-hybridized carbons (Fsp3) is 0.0370. The summed E-state index contributed by atoms with van der Waals surface area (Å²) in [6, 6.07) is 16.3. The Morgan fingerprint density at radius 1 is 0.784 bits per heavy atom. The molecule has 4 rings (SSSR count). The molecule has 10 heteroatoms. The maximum absolute atomic E-state index is 14.5. The quantitative estimate of drug-likeness (QED) is 0.183. The molecule has 0 heterocycles. The van der Waals surface area contributed by atoms with Crippen molar-refractivity contribution < 1.29 is 23.1 Å². The molecule has 0 bridgehead atoms. The molecule has 0 radical (unpaired) electrons. The number of benzene rings is 4. The lowest BCUT2D eigenvalue weighted by molar-refractivity contribution is -0.133. The number of hydrogen-bond acceptors (Lipinski definition) is 3. The van der Waals surface area contributed by atoms with Gasteiger partial charge in [0.2, 0.25) is 0 Å². The Morgan fingerprint density at radius 2 is 1.51 bits per heavy atom. The van der Waals surface area contributed by atoms with E-state index in [-0.39, 0.29) is 44.6 Å².